The Balaban J connectivity index is 1.65. The van der Waals surface area contributed by atoms with Crippen LogP contribution in [0.1, 0.15) is 107 Å². The molecule has 4 saturated carbocycles. The summed E-state index contributed by atoms with van der Waals surface area (Å²) in [5, 5.41) is 0. The van der Waals surface area contributed by atoms with Crippen LogP contribution in [0.5, 0.6) is 0 Å². The van der Waals surface area contributed by atoms with Crippen molar-refractivity contribution in [1.29, 1.82) is 0 Å². The molecule has 0 aliphatic heterocycles. The third kappa shape index (κ3) is 2.53. The number of allylic oxidation sites excluding steroid dienone is 4. The molecule has 31 heavy (non-hydrogen) atoms. The Labute approximate surface area is 191 Å². The van der Waals surface area contributed by atoms with E-state index in [1.165, 1.54) is 38.5 Å². The number of Topliss-reactive ketones (excluding diaryl/α,β-unsaturated/α-hetero) is 1. The van der Waals surface area contributed by atoms with Gasteiger partial charge in [-0.05, 0) is 90.3 Å². The number of carbonyl (C=O) groups excluding carboxylic acids is 1. The SMILES string of the molecule is C[C@H]1[C@H](C)CC[C@]2(C)CC[C@]3(C)C(=CC=C4[C@@]5(C)CCC(=O)C(C)(C)C5CC[C@]43C)[C@@H]12. The van der Waals surface area contributed by atoms with Gasteiger partial charge in [0.25, 0.3) is 0 Å². The summed E-state index contributed by atoms with van der Waals surface area (Å²) >= 11 is 0. The van der Waals surface area contributed by atoms with Crippen LogP contribution in [0.3, 0.4) is 0 Å². The van der Waals surface area contributed by atoms with Crippen LogP contribution in [0.2, 0.25) is 0 Å². The summed E-state index contributed by atoms with van der Waals surface area (Å²) in [7, 11) is 0. The topological polar surface area (TPSA) is 17.1 Å². The predicted octanol–water partition coefficient (Wildman–Crippen LogP) is 8.15. The second-order valence-corrected chi connectivity index (χ2v) is 14.0. The first kappa shape index (κ1) is 22.0. The molecule has 0 aromatic rings. The summed E-state index contributed by atoms with van der Waals surface area (Å²) in [5.41, 5.74) is 4.47. The Bertz CT molecular complexity index is 875. The fraction of sp³-hybridized carbons (Fsp3) is 0.833. The van der Waals surface area contributed by atoms with Gasteiger partial charge in [0, 0.05) is 11.8 Å². The summed E-state index contributed by atoms with van der Waals surface area (Å²) in [6.07, 6.45) is 15.0. The molecule has 1 heteroatoms. The Morgan fingerprint density at radius 1 is 0.806 bits per heavy atom. The minimum absolute atomic E-state index is 0.168. The molecule has 1 unspecified atom stereocenters. The van der Waals surface area contributed by atoms with Gasteiger partial charge in [-0.1, -0.05) is 78.7 Å². The minimum atomic E-state index is -0.182. The Morgan fingerprint density at radius 2 is 1.52 bits per heavy atom. The van der Waals surface area contributed by atoms with E-state index in [0.29, 0.717) is 17.1 Å². The van der Waals surface area contributed by atoms with E-state index in [9.17, 15) is 4.79 Å². The molecular weight excluding hydrogens is 376 g/mol. The van der Waals surface area contributed by atoms with Crippen LogP contribution in [0.15, 0.2) is 23.3 Å². The number of ketones is 1. The molecule has 4 fully saturated rings. The van der Waals surface area contributed by atoms with Crippen LogP contribution >= 0.6 is 0 Å². The van der Waals surface area contributed by atoms with E-state index in [1.54, 1.807) is 11.1 Å². The lowest BCUT2D eigenvalue weighted by atomic mass is 9.36. The van der Waals surface area contributed by atoms with Gasteiger partial charge in [0.15, 0.2) is 0 Å². The van der Waals surface area contributed by atoms with E-state index >= 15 is 0 Å². The molecule has 0 spiro atoms. The van der Waals surface area contributed by atoms with Crippen molar-refractivity contribution >= 4 is 5.78 Å². The molecule has 172 valence electrons. The van der Waals surface area contributed by atoms with Gasteiger partial charge in [-0.2, -0.15) is 0 Å². The summed E-state index contributed by atoms with van der Waals surface area (Å²) in [6, 6.07) is 0. The van der Waals surface area contributed by atoms with Crippen molar-refractivity contribution in [2.24, 2.45) is 50.7 Å². The number of fused-ring (bicyclic) bond motifs is 7. The highest BCUT2D eigenvalue weighted by atomic mass is 16.1. The normalized spacial score (nSPS) is 53.4. The maximum Gasteiger partial charge on any atom is 0.138 e. The van der Waals surface area contributed by atoms with E-state index in [1.807, 2.05) is 0 Å². The van der Waals surface area contributed by atoms with Gasteiger partial charge < -0.3 is 0 Å². The first-order chi connectivity index (χ1) is 14.3. The second-order valence-electron chi connectivity index (χ2n) is 14.0. The van der Waals surface area contributed by atoms with Gasteiger partial charge in [0.1, 0.15) is 5.78 Å². The standard InChI is InChI=1S/C30H46O/c1-19-11-14-27(5)17-18-29(7)21(25(27)20(19)2)9-10-23-28(6)15-13-24(31)26(3,4)22(28)12-16-30(23,29)8/h9-10,19-20,22,25H,11-18H2,1-8H3/t19-,20+,22?,25-,27-,28+,29-,30-/m1/s1. The van der Waals surface area contributed by atoms with Crippen LogP contribution in [0.4, 0.5) is 0 Å². The Morgan fingerprint density at radius 3 is 2.23 bits per heavy atom. The molecule has 5 aliphatic rings. The molecule has 0 aromatic carbocycles. The molecular formula is C30H46O. The highest BCUT2D eigenvalue weighted by Gasteiger charge is 2.65. The van der Waals surface area contributed by atoms with Gasteiger partial charge in [-0.25, -0.2) is 0 Å². The van der Waals surface area contributed by atoms with Gasteiger partial charge in [-0.3, -0.25) is 4.79 Å². The molecule has 0 amide bonds. The monoisotopic (exact) mass is 422 g/mol. The number of hydrogen-bond acceptors (Lipinski definition) is 1. The van der Waals surface area contributed by atoms with Crippen molar-refractivity contribution in [3.8, 4) is 0 Å². The van der Waals surface area contributed by atoms with Crippen LogP contribution in [-0.2, 0) is 4.79 Å². The minimum Gasteiger partial charge on any atom is -0.299 e. The molecule has 0 N–H and O–H groups in total. The average molecular weight is 423 g/mol. The van der Waals surface area contributed by atoms with E-state index in [-0.39, 0.29) is 21.7 Å². The average Bonchev–Trinajstić information content (AvgIpc) is 2.69. The van der Waals surface area contributed by atoms with Crippen molar-refractivity contribution in [2.45, 2.75) is 107 Å². The summed E-state index contributed by atoms with van der Waals surface area (Å²) in [5.74, 6) is 3.33. The van der Waals surface area contributed by atoms with Gasteiger partial charge >= 0.3 is 0 Å². The number of hydrogen-bond donors (Lipinski definition) is 0. The number of carbonyl (C=O) groups is 1. The summed E-state index contributed by atoms with van der Waals surface area (Å²) in [4.78, 5) is 12.9. The molecule has 0 aromatic heterocycles. The zero-order valence-corrected chi connectivity index (χ0v) is 21.5. The van der Waals surface area contributed by atoms with Crippen LogP contribution < -0.4 is 0 Å². The molecule has 1 nitrogen and oxygen atoms in total. The lowest BCUT2D eigenvalue weighted by Gasteiger charge is -2.68. The van der Waals surface area contributed by atoms with E-state index in [0.717, 1.165) is 30.6 Å². The predicted molar refractivity (Wildman–Crippen MR) is 130 cm³/mol. The van der Waals surface area contributed by atoms with Crippen LogP contribution in [0, 0.1) is 50.7 Å². The van der Waals surface area contributed by atoms with Crippen molar-refractivity contribution in [3.63, 3.8) is 0 Å². The Hall–Kier alpha value is -0.850. The molecule has 0 bridgehead atoms. The summed E-state index contributed by atoms with van der Waals surface area (Å²) in [6.45, 7) is 19.9. The van der Waals surface area contributed by atoms with Crippen molar-refractivity contribution in [2.75, 3.05) is 0 Å². The lowest BCUT2D eigenvalue weighted by molar-refractivity contribution is -0.144. The maximum absolute atomic E-state index is 12.9. The van der Waals surface area contributed by atoms with E-state index in [2.05, 4.69) is 67.5 Å². The molecule has 5 aliphatic carbocycles. The quantitative estimate of drug-likeness (QED) is 0.385. The largest absolute Gasteiger partial charge is 0.299 e. The smallest absolute Gasteiger partial charge is 0.138 e. The van der Waals surface area contributed by atoms with Gasteiger partial charge in [-0.15, -0.1) is 0 Å². The van der Waals surface area contributed by atoms with Crippen molar-refractivity contribution < 1.29 is 4.79 Å². The molecule has 0 heterocycles. The first-order valence-corrected chi connectivity index (χ1v) is 13.3. The van der Waals surface area contributed by atoms with Crippen molar-refractivity contribution in [3.05, 3.63) is 23.3 Å². The molecule has 0 saturated heterocycles. The molecule has 8 atom stereocenters. The summed E-state index contributed by atoms with van der Waals surface area (Å²) < 4.78 is 0. The zero-order valence-electron chi connectivity index (χ0n) is 21.5. The van der Waals surface area contributed by atoms with Crippen LogP contribution in [0.25, 0.3) is 0 Å². The highest BCUT2D eigenvalue weighted by molar-refractivity contribution is 5.85. The fourth-order valence-corrected chi connectivity index (χ4v) is 9.96. The van der Waals surface area contributed by atoms with Gasteiger partial charge in [0.2, 0.25) is 0 Å². The molecule has 5 rings (SSSR count). The fourth-order valence-electron chi connectivity index (χ4n) is 9.96. The lowest BCUT2D eigenvalue weighted by Crippen LogP contribution is -2.60. The third-order valence-corrected chi connectivity index (χ3v) is 12.5. The molecule has 0 radical (unpaired) electrons. The third-order valence-electron chi connectivity index (χ3n) is 12.5. The van der Waals surface area contributed by atoms with Crippen LogP contribution in [-0.4, -0.2) is 5.78 Å². The van der Waals surface area contributed by atoms with Crippen molar-refractivity contribution in [1.82, 2.24) is 0 Å². The van der Waals surface area contributed by atoms with Gasteiger partial charge in [0.05, 0.1) is 0 Å². The second kappa shape index (κ2) is 6.38. The maximum atomic E-state index is 12.9. The van der Waals surface area contributed by atoms with E-state index < -0.39 is 0 Å². The van der Waals surface area contributed by atoms with E-state index in [4.69, 9.17) is 0 Å². The Kier molecular flexibility index (Phi) is 4.52. The first-order valence-electron chi connectivity index (χ1n) is 13.3. The number of rotatable bonds is 0. The zero-order chi connectivity index (χ0) is 22.6. The highest BCUT2D eigenvalue weighted by Crippen LogP contribution is 2.74.